The largest absolute Gasteiger partial charge is 0.311 e. The number of hydrogen-bond acceptors (Lipinski definition) is 1. The van der Waals surface area contributed by atoms with E-state index in [0.29, 0.717) is 0 Å². The van der Waals surface area contributed by atoms with E-state index in [4.69, 9.17) is 0 Å². The molecular formula is C29H55N. The Kier molecular flexibility index (Phi) is 12.9. The van der Waals surface area contributed by atoms with Crippen LogP contribution >= 0.6 is 0 Å². The fraction of sp³-hybridized carbons (Fsp3) is 1.00. The minimum atomic E-state index is 0.816. The molecule has 1 heteroatoms. The van der Waals surface area contributed by atoms with E-state index in [1.165, 1.54) is 161 Å². The van der Waals surface area contributed by atoms with Gasteiger partial charge in [0, 0.05) is 12.1 Å². The van der Waals surface area contributed by atoms with Crippen molar-refractivity contribution in [3.8, 4) is 0 Å². The Morgan fingerprint density at radius 2 is 0.700 bits per heavy atom. The molecule has 3 rings (SSSR count). The highest BCUT2D eigenvalue weighted by atomic mass is 15.0. The maximum Gasteiger partial charge on any atom is 0.0101 e. The quantitative estimate of drug-likeness (QED) is 0.451. The topological polar surface area (TPSA) is 12.0 Å². The van der Waals surface area contributed by atoms with Crippen molar-refractivity contribution >= 4 is 0 Å². The standard InChI is InChI=1S/C29H55N/c1-2-6-10-15-21-26(20-14-9-5-1)28-24-18-13-19-25-29(28)30-27-22-16-11-7-3-4-8-12-17-23-27/h26-30H,1-25H2. The zero-order chi connectivity index (χ0) is 20.7. The summed E-state index contributed by atoms with van der Waals surface area (Å²) in [7, 11) is 0. The molecule has 0 heterocycles. The zero-order valence-corrected chi connectivity index (χ0v) is 20.5. The van der Waals surface area contributed by atoms with E-state index in [1.54, 1.807) is 0 Å². The second-order valence-corrected chi connectivity index (χ2v) is 11.3. The molecule has 176 valence electrons. The van der Waals surface area contributed by atoms with Crippen LogP contribution in [0.15, 0.2) is 0 Å². The van der Waals surface area contributed by atoms with Gasteiger partial charge >= 0.3 is 0 Å². The monoisotopic (exact) mass is 417 g/mol. The van der Waals surface area contributed by atoms with Gasteiger partial charge in [-0.25, -0.2) is 0 Å². The molecule has 0 aromatic carbocycles. The van der Waals surface area contributed by atoms with Crippen molar-refractivity contribution in [3.05, 3.63) is 0 Å². The van der Waals surface area contributed by atoms with E-state index in [1.807, 2.05) is 0 Å². The summed E-state index contributed by atoms with van der Waals surface area (Å²) in [6.45, 7) is 0. The highest BCUT2D eigenvalue weighted by Crippen LogP contribution is 2.36. The third-order valence-corrected chi connectivity index (χ3v) is 8.88. The van der Waals surface area contributed by atoms with Crippen LogP contribution in [0.5, 0.6) is 0 Å². The lowest BCUT2D eigenvalue weighted by atomic mass is 9.77. The third-order valence-electron chi connectivity index (χ3n) is 8.88. The van der Waals surface area contributed by atoms with Gasteiger partial charge in [-0.3, -0.25) is 0 Å². The molecular weight excluding hydrogens is 362 g/mol. The summed E-state index contributed by atoms with van der Waals surface area (Å²) in [4.78, 5) is 0. The Bertz CT molecular complexity index is 381. The van der Waals surface area contributed by atoms with E-state index in [0.717, 1.165) is 23.9 Å². The molecule has 0 bridgehead atoms. The van der Waals surface area contributed by atoms with Crippen molar-refractivity contribution in [2.45, 2.75) is 173 Å². The first-order chi connectivity index (χ1) is 14.9. The molecule has 3 aliphatic rings. The van der Waals surface area contributed by atoms with E-state index in [9.17, 15) is 0 Å². The van der Waals surface area contributed by atoms with Gasteiger partial charge in [0.2, 0.25) is 0 Å². The Morgan fingerprint density at radius 1 is 0.333 bits per heavy atom. The molecule has 2 atom stereocenters. The minimum Gasteiger partial charge on any atom is -0.311 e. The van der Waals surface area contributed by atoms with Crippen molar-refractivity contribution in [1.29, 1.82) is 0 Å². The summed E-state index contributed by atoms with van der Waals surface area (Å²) in [5, 5.41) is 4.36. The van der Waals surface area contributed by atoms with Crippen LogP contribution in [0.1, 0.15) is 161 Å². The van der Waals surface area contributed by atoms with E-state index >= 15 is 0 Å². The molecule has 0 aromatic rings. The van der Waals surface area contributed by atoms with Gasteiger partial charge in [0.15, 0.2) is 0 Å². The number of nitrogens with one attached hydrogen (secondary N) is 1. The van der Waals surface area contributed by atoms with Crippen molar-refractivity contribution in [2.75, 3.05) is 0 Å². The van der Waals surface area contributed by atoms with Crippen LogP contribution in [-0.4, -0.2) is 12.1 Å². The Hall–Kier alpha value is -0.0400. The first-order valence-electron chi connectivity index (χ1n) is 14.7. The number of hydrogen-bond donors (Lipinski definition) is 1. The predicted octanol–water partition coefficient (Wildman–Crippen LogP) is 9.34. The van der Waals surface area contributed by atoms with E-state index < -0.39 is 0 Å². The third kappa shape index (κ3) is 9.62. The molecule has 2 unspecified atom stereocenters. The fourth-order valence-corrected chi connectivity index (χ4v) is 7.01. The van der Waals surface area contributed by atoms with Crippen molar-refractivity contribution in [2.24, 2.45) is 11.8 Å². The highest BCUT2D eigenvalue weighted by Gasteiger charge is 2.31. The first kappa shape index (κ1) is 24.6. The normalized spacial score (nSPS) is 31.2. The molecule has 0 aliphatic heterocycles. The lowest BCUT2D eigenvalue weighted by Crippen LogP contribution is -2.45. The van der Waals surface area contributed by atoms with Crippen LogP contribution in [0.2, 0.25) is 0 Å². The smallest absolute Gasteiger partial charge is 0.0101 e. The predicted molar refractivity (Wildman–Crippen MR) is 133 cm³/mol. The molecule has 0 spiro atoms. The Balaban J connectivity index is 1.59. The summed E-state index contributed by atoms with van der Waals surface area (Å²) >= 11 is 0. The second-order valence-electron chi connectivity index (χ2n) is 11.3. The molecule has 0 radical (unpaired) electrons. The molecule has 3 aliphatic carbocycles. The van der Waals surface area contributed by atoms with Gasteiger partial charge in [-0.05, 0) is 37.5 Å². The summed E-state index contributed by atoms with van der Waals surface area (Å²) in [5.74, 6) is 1.99. The van der Waals surface area contributed by atoms with Crippen LogP contribution in [0, 0.1) is 11.8 Å². The van der Waals surface area contributed by atoms with E-state index in [2.05, 4.69) is 5.32 Å². The van der Waals surface area contributed by atoms with Gasteiger partial charge in [-0.15, -0.1) is 0 Å². The maximum absolute atomic E-state index is 4.36. The Morgan fingerprint density at radius 3 is 1.23 bits per heavy atom. The zero-order valence-electron chi connectivity index (χ0n) is 20.5. The van der Waals surface area contributed by atoms with Gasteiger partial charge in [-0.2, -0.15) is 0 Å². The lowest BCUT2D eigenvalue weighted by Gasteiger charge is -2.36. The van der Waals surface area contributed by atoms with Crippen molar-refractivity contribution in [1.82, 2.24) is 5.32 Å². The molecule has 0 aromatic heterocycles. The lowest BCUT2D eigenvalue weighted by molar-refractivity contribution is 0.187. The van der Waals surface area contributed by atoms with Crippen LogP contribution in [0.25, 0.3) is 0 Å². The van der Waals surface area contributed by atoms with Crippen LogP contribution < -0.4 is 5.32 Å². The maximum atomic E-state index is 4.36. The fourth-order valence-electron chi connectivity index (χ4n) is 7.01. The van der Waals surface area contributed by atoms with Gasteiger partial charge in [0.05, 0.1) is 0 Å². The molecule has 0 saturated heterocycles. The SMILES string of the molecule is C1CCCCCC(NC2CCCCCC2C2CCCCCCCCCC2)CCCC1. The molecule has 3 saturated carbocycles. The number of rotatable bonds is 3. The van der Waals surface area contributed by atoms with Gasteiger partial charge in [-0.1, -0.05) is 135 Å². The Labute approximate surface area is 189 Å². The highest BCUT2D eigenvalue weighted by molar-refractivity contribution is 4.87. The van der Waals surface area contributed by atoms with Crippen molar-refractivity contribution < 1.29 is 0 Å². The van der Waals surface area contributed by atoms with Gasteiger partial charge in [0.1, 0.15) is 0 Å². The summed E-state index contributed by atoms with van der Waals surface area (Å²) in [6.07, 6.45) is 37.3. The average molecular weight is 418 g/mol. The molecule has 30 heavy (non-hydrogen) atoms. The van der Waals surface area contributed by atoms with Crippen molar-refractivity contribution in [3.63, 3.8) is 0 Å². The average Bonchev–Trinajstić information content (AvgIpc) is 3.04. The van der Waals surface area contributed by atoms with E-state index in [-0.39, 0.29) is 0 Å². The van der Waals surface area contributed by atoms with Crippen LogP contribution in [-0.2, 0) is 0 Å². The van der Waals surface area contributed by atoms with Crippen LogP contribution in [0.3, 0.4) is 0 Å². The van der Waals surface area contributed by atoms with Gasteiger partial charge < -0.3 is 5.32 Å². The molecule has 0 amide bonds. The molecule has 1 N–H and O–H groups in total. The summed E-state index contributed by atoms with van der Waals surface area (Å²) in [5.41, 5.74) is 0. The summed E-state index contributed by atoms with van der Waals surface area (Å²) < 4.78 is 0. The summed E-state index contributed by atoms with van der Waals surface area (Å²) in [6, 6.07) is 1.65. The van der Waals surface area contributed by atoms with Crippen LogP contribution in [0.4, 0.5) is 0 Å². The molecule has 3 fully saturated rings. The first-order valence-corrected chi connectivity index (χ1v) is 14.7. The minimum absolute atomic E-state index is 0.816. The molecule has 1 nitrogen and oxygen atoms in total. The van der Waals surface area contributed by atoms with Gasteiger partial charge in [0.25, 0.3) is 0 Å². The second kappa shape index (κ2) is 15.7.